The smallest absolute Gasteiger partial charge is 0.347 e. The van der Waals surface area contributed by atoms with E-state index in [0.717, 1.165) is 12.1 Å². The first-order valence-corrected chi connectivity index (χ1v) is 7.76. The summed E-state index contributed by atoms with van der Waals surface area (Å²) in [6, 6.07) is 6.54. The molecule has 25 heavy (non-hydrogen) atoms. The SMILES string of the molecule is CC(C)(C)NC(=O)c1ccc(Nc2ccc(Cl)c(C(F)(F)F)c2)nc1. The molecule has 0 atom stereocenters. The van der Waals surface area contributed by atoms with E-state index in [9.17, 15) is 18.0 Å². The summed E-state index contributed by atoms with van der Waals surface area (Å²) in [5.41, 5.74) is -0.769. The van der Waals surface area contributed by atoms with Crippen LogP contribution in [-0.4, -0.2) is 16.4 Å². The van der Waals surface area contributed by atoms with Crippen molar-refractivity contribution < 1.29 is 18.0 Å². The molecule has 2 aromatic rings. The van der Waals surface area contributed by atoms with Gasteiger partial charge in [-0.2, -0.15) is 13.2 Å². The molecule has 4 nitrogen and oxygen atoms in total. The Hall–Kier alpha value is -2.28. The Morgan fingerprint density at radius 2 is 1.80 bits per heavy atom. The molecule has 0 radical (unpaired) electrons. The molecule has 1 aromatic carbocycles. The van der Waals surface area contributed by atoms with Crippen LogP contribution in [0.5, 0.6) is 0 Å². The molecule has 2 rings (SSSR count). The summed E-state index contributed by atoms with van der Waals surface area (Å²) in [4.78, 5) is 16.1. The van der Waals surface area contributed by atoms with E-state index >= 15 is 0 Å². The van der Waals surface area contributed by atoms with Crippen LogP contribution in [0.4, 0.5) is 24.7 Å². The number of carbonyl (C=O) groups excluding carboxylic acids is 1. The molecular weight excluding hydrogens is 355 g/mol. The monoisotopic (exact) mass is 371 g/mol. The Balaban J connectivity index is 2.16. The molecule has 1 amide bonds. The van der Waals surface area contributed by atoms with E-state index in [-0.39, 0.29) is 22.2 Å². The molecule has 0 aliphatic heterocycles. The molecule has 8 heteroatoms. The van der Waals surface area contributed by atoms with Gasteiger partial charge in [0.05, 0.1) is 16.1 Å². The highest BCUT2D eigenvalue weighted by atomic mass is 35.5. The average molecular weight is 372 g/mol. The van der Waals surface area contributed by atoms with Crippen LogP contribution < -0.4 is 10.6 Å². The van der Waals surface area contributed by atoms with Gasteiger partial charge in [-0.3, -0.25) is 4.79 Å². The number of aromatic nitrogens is 1. The van der Waals surface area contributed by atoms with Crippen molar-refractivity contribution in [2.24, 2.45) is 0 Å². The Bertz CT molecular complexity index is 768. The highest BCUT2D eigenvalue weighted by Crippen LogP contribution is 2.36. The van der Waals surface area contributed by atoms with E-state index in [1.54, 1.807) is 0 Å². The third-order valence-electron chi connectivity index (χ3n) is 3.06. The molecule has 0 aliphatic carbocycles. The summed E-state index contributed by atoms with van der Waals surface area (Å²) in [6.45, 7) is 5.56. The summed E-state index contributed by atoms with van der Waals surface area (Å²) >= 11 is 5.58. The van der Waals surface area contributed by atoms with Crippen molar-refractivity contribution in [3.05, 3.63) is 52.7 Å². The van der Waals surface area contributed by atoms with Crippen LogP contribution in [0.15, 0.2) is 36.5 Å². The predicted octanol–water partition coefficient (Wildman–Crippen LogP) is 5.03. The van der Waals surface area contributed by atoms with Crippen molar-refractivity contribution in [2.45, 2.75) is 32.5 Å². The van der Waals surface area contributed by atoms with Gasteiger partial charge >= 0.3 is 6.18 Å². The van der Waals surface area contributed by atoms with Crippen molar-refractivity contribution in [2.75, 3.05) is 5.32 Å². The van der Waals surface area contributed by atoms with Gasteiger partial charge in [0.15, 0.2) is 0 Å². The average Bonchev–Trinajstić information content (AvgIpc) is 2.47. The molecule has 1 heterocycles. The number of benzene rings is 1. The molecule has 0 unspecified atom stereocenters. The third kappa shape index (κ3) is 5.35. The van der Waals surface area contributed by atoms with Crippen molar-refractivity contribution >= 4 is 29.0 Å². The number of pyridine rings is 1. The third-order valence-corrected chi connectivity index (χ3v) is 3.39. The van der Waals surface area contributed by atoms with Crippen molar-refractivity contribution in [3.63, 3.8) is 0 Å². The first kappa shape index (κ1) is 19.1. The fraction of sp³-hybridized carbons (Fsp3) is 0.294. The van der Waals surface area contributed by atoms with Gasteiger partial charge in [0.1, 0.15) is 5.82 Å². The summed E-state index contributed by atoms with van der Waals surface area (Å²) in [6.07, 6.45) is -3.19. The molecule has 134 valence electrons. The second-order valence-corrected chi connectivity index (χ2v) is 6.86. The minimum atomic E-state index is -4.54. The van der Waals surface area contributed by atoms with Crippen LogP contribution in [0.2, 0.25) is 5.02 Å². The van der Waals surface area contributed by atoms with Crippen LogP contribution in [0, 0.1) is 0 Å². The molecular formula is C17H17ClF3N3O. The van der Waals surface area contributed by atoms with E-state index < -0.39 is 11.7 Å². The first-order valence-electron chi connectivity index (χ1n) is 7.38. The van der Waals surface area contributed by atoms with Crippen LogP contribution in [0.1, 0.15) is 36.7 Å². The Morgan fingerprint density at radius 1 is 1.12 bits per heavy atom. The van der Waals surface area contributed by atoms with Crippen molar-refractivity contribution in [1.82, 2.24) is 10.3 Å². The number of hydrogen-bond acceptors (Lipinski definition) is 3. The zero-order chi connectivity index (χ0) is 18.8. The lowest BCUT2D eigenvalue weighted by molar-refractivity contribution is -0.137. The highest BCUT2D eigenvalue weighted by Gasteiger charge is 2.33. The van der Waals surface area contributed by atoms with Gasteiger partial charge in [0, 0.05) is 17.4 Å². The lowest BCUT2D eigenvalue weighted by Gasteiger charge is -2.20. The topological polar surface area (TPSA) is 54.0 Å². The van der Waals surface area contributed by atoms with Crippen LogP contribution in [0.3, 0.4) is 0 Å². The van der Waals surface area contributed by atoms with Gasteiger partial charge in [-0.25, -0.2) is 4.98 Å². The summed E-state index contributed by atoms with van der Waals surface area (Å²) in [5.74, 6) is 0.0279. The maximum atomic E-state index is 12.9. The number of halogens is 4. The number of carbonyl (C=O) groups is 1. The minimum Gasteiger partial charge on any atom is -0.347 e. The Morgan fingerprint density at radius 3 is 2.32 bits per heavy atom. The van der Waals surface area contributed by atoms with Gasteiger partial charge < -0.3 is 10.6 Å². The van der Waals surface area contributed by atoms with Crippen LogP contribution in [0.25, 0.3) is 0 Å². The van der Waals surface area contributed by atoms with E-state index in [2.05, 4.69) is 15.6 Å². The van der Waals surface area contributed by atoms with E-state index in [1.165, 1.54) is 24.4 Å². The lowest BCUT2D eigenvalue weighted by atomic mass is 10.1. The van der Waals surface area contributed by atoms with Gasteiger partial charge in [-0.1, -0.05) is 11.6 Å². The normalized spacial score (nSPS) is 12.0. The first-order chi connectivity index (χ1) is 11.5. The molecule has 1 aromatic heterocycles. The molecule has 0 aliphatic rings. The van der Waals surface area contributed by atoms with Crippen molar-refractivity contribution in [3.8, 4) is 0 Å². The van der Waals surface area contributed by atoms with E-state index in [0.29, 0.717) is 11.4 Å². The van der Waals surface area contributed by atoms with Gasteiger partial charge in [-0.05, 0) is 51.1 Å². The van der Waals surface area contributed by atoms with Gasteiger partial charge in [0.2, 0.25) is 0 Å². The largest absolute Gasteiger partial charge is 0.417 e. The molecule has 0 bridgehead atoms. The number of amides is 1. The molecule has 0 saturated heterocycles. The lowest BCUT2D eigenvalue weighted by Crippen LogP contribution is -2.40. The molecule has 2 N–H and O–H groups in total. The van der Waals surface area contributed by atoms with E-state index in [4.69, 9.17) is 11.6 Å². The number of nitrogens with one attached hydrogen (secondary N) is 2. The summed E-state index contributed by atoms with van der Waals surface area (Å²) in [7, 11) is 0. The molecule has 0 spiro atoms. The number of nitrogens with zero attached hydrogens (tertiary/aromatic N) is 1. The fourth-order valence-corrected chi connectivity index (χ4v) is 2.21. The Kier molecular flexibility index (Phi) is 5.27. The zero-order valence-electron chi connectivity index (χ0n) is 13.8. The number of anilines is 2. The summed E-state index contributed by atoms with van der Waals surface area (Å²) in [5, 5.41) is 5.18. The standard InChI is InChI=1S/C17H17ClF3N3O/c1-16(2,3)24-15(25)10-4-7-14(22-9-10)23-11-5-6-13(18)12(8-11)17(19,20)21/h4-9H,1-3H3,(H,22,23)(H,24,25). The molecule has 0 fully saturated rings. The quantitative estimate of drug-likeness (QED) is 0.796. The van der Waals surface area contributed by atoms with Gasteiger partial charge in [0.25, 0.3) is 5.91 Å². The number of alkyl halides is 3. The van der Waals surface area contributed by atoms with Crippen LogP contribution in [-0.2, 0) is 6.18 Å². The maximum Gasteiger partial charge on any atom is 0.417 e. The minimum absolute atomic E-state index is 0.191. The number of rotatable bonds is 3. The van der Waals surface area contributed by atoms with Gasteiger partial charge in [-0.15, -0.1) is 0 Å². The zero-order valence-corrected chi connectivity index (χ0v) is 14.6. The number of hydrogen-bond donors (Lipinski definition) is 2. The molecule has 0 saturated carbocycles. The highest BCUT2D eigenvalue weighted by molar-refractivity contribution is 6.31. The van der Waals surface area contributed by atoms with Crippen LogP contribution >= 0.6 is 11.6 Å². The second-order valence-electron chi connectivity index (χ2n) is 6.45. The maximum absolute atomic E-state index is 12.9. The van der Waals surface area contributed by atoms with E-state index in [1.807, 2.05) is 20.8 Å². The Labute approximate surface area is 148 Å². The fourth-order valence-electron chi connectivity index (χ4n) is 1.98. The summed E-state index contributed by atoms with van der Waals surface area (Å²) < 4.78 is 38.6. The predicted molar refractivity (Wildman–Crippen MR) is 91.2 cm³/mol. The second kappa shape index (κ2) is 6.92. The van der Waals surface area contributed by atoms with Crippen molar-refractivity contribution in [1.29, 1.82) is 0 Å².